The molecule has 2 aromatic rings. The number of hydrogen-bond donors (Lipinski definition) is 4. The lowest BCUT2D eigenvalue weighted by atomic mass is 10.1. The molecule has 0 saturated carbocycles. The van der Waals surface area contributed by atoms with Gasteiger partial charge in [0.2, 0.25) is 0 Å². The lowest BCUT2D eigenvalue weighted by molar-refractivity contribution is -0.140. The zero-order chi connectivity index (χ0) is 14.5. The van der Waals surface area contributed by atoms with Gasteiger partial charge in [0.1, 0.15) is 0 Å². The van der Waals surface area contributed by atoms with E-state index in [0.29, 0.717) is 5.69 Å². The standard InChI is InChI=1S/C14H14N2O4/c17-8-12(13(18)19)16-14(20)15-11-7-3-5-9-4-1-2-6-10(9)11/h1-7,12,17H,8H2,(H,18,19)(H2,15,16,20)/t12-/m0/s1. The van der Waals surface area contributed by atoms with Crippen LogP contribution in [0.1, 0.15) is 0 Å². The monoisotopic (exact) mass is 274 g/mol. The Bertz CT molecular complexity index is 637. The summed E-state index contributed by atoms with van der Waals surface area (Å²) >= 11 is 0. The van der Waals surface area contributed by atoms with Crippen molar-refractivity contribution in [2.75, 3.05) is 11.9 Å². The molecular weight excluding hydrogens is 260 g/mol. The molecule has 0 aromatic heterocycles. The summed E-state index contributed by atoms with van der Waals surface area (Å²) in [5.74, 6) is -1.29. The van der Waals surface area contributed by atoms with E-state index in [-0.39, 0.29) is 0 Å². The number of urea groups is 1. The molecule has 0 heterocycles. The number of aliphatic hydroxyl groups is 1. The minimum atomic E-state index is -1.33. The van der Waals surface area contributed by atoms with E-state index in [0.717, 1.165) is 10.8 Å². The van der Waals surface area contributed by atoms with Crippen molar-refractivity contribution >= 4 is 28.5 Å². The van der Waals surface area contributed by atoms with E-state index < -0.39 is 24.6 Å². The Balaban J connectivity index is 2.16. The second-order valence-corrected chi connectivity index (χ2v) is 4.20. The molecule has 6 nitrogen and oxygen atoms in total. The van der Waals surface area contributed by atoms with E-state index in [2.05, 4.69) is 10.6 Å². The molecule has 4 N–H and O–H groups in total. The number of benzene rings is 2. The van der Waals surface area contributed by atoms with Gasteiger partial charge in [-0.15, -0.1) is 0 Å². The van der Waals surface area contributed by atoms with Gasteiger partial charge in [0.25, 0.3) is 0 Å². The summed E-state index contributed by atoms with van der Waals surface area (Å²) in [6.45, 7) is -0.668. The molecule has 20 heavy (non-hydrogen) atoms. The average Bonchev–Trinajstić information content (AvgIpc) is 2.45. The number of aliphatic carboxylic acids is 1. The number of carbonyl (C=O) groups excluding carboxylic acids is 1. The van der Waals surface area contributed by atoms with E-state index in [9.17, 15) is 9.59 Å². The van der Waals surface area contributed by atoms with Crippen LogP contribution in [0.15, 0.2) is 42.5 Å². The van der Waals surface area contributed by atoms with Crippen molar-refractivity contribution in [2.24, 2.45) is 0 Å². The van der Waals surface area contributed by atoms with E-state index in [4.69, 9.17) is 10.2 Å². The van der Waals surface area contributed by atoms with Gasteiger partial charge in [0.15, 0.2) is 6.04 Å². The number of nitrogens with one attached hydrogen (secondary N) is 2. The Kier molecular flexibility index (Phi) is 4.17. The average molecular weight is 274 g/mol. The molecule has 0 aliphatic rings. The molecule has 2 rings (SSSR count). The van der Waals surface area contributed by atoms with Crippen LogP contribution in [0.5, 0.6) is 0 Å². The minimum Gasteiger partial charge on any atom is -0.480 e. The summed E-state index contributed by atoms with van der Waals surface area (Å²) < 4.78 is 0. The molecule has 0 aliphatic heterocycles. The summed E-state index contributed by atoms with van der Waals surface area (Å²) in [7, 11) is 0. The number of carbonyl (C=O) groups is 2. The molecule has 0 spiro atoms. The molecule has 6 heteroatoms. The van der Waals surface area contributed by atoms with Gasteiger partial charge < -0.3 is 20.8 Å². The fraction of sp³-hybridized carbons (Fsp3) is 0.143. The van der Waals surface area contributed by atoms with Gasteiger partial charge in [0.05, 0.1) is 12.3 Å². The number of carboxylic acids is 1. The first-order valence-electron chi connectivity index (χ1n) is 6.01. The maximum absolute atomic E-state index is 11.7. The highest BCUT2D eigenvalue weighted by atomic mass is 16.4. The third-order valence-corrected chi connectivity index (χ3v) is 2.82. The Morgan fingerprint density at radius 3 is 2.50 bits per heavy atom. The van der Waals surface area contributed by atoms with Crippen molar-refractivity contribution in [1.29, 1.82) is 0 Å². The Morgan fingerprint density at radius 1 is 1.10 bits per heavy atom. The van der Waals surface area contributed by atoms with Crippen molar-refractivity contribution in [3.63, 3.8) is 0 Å². The van der Waals surface area contributed by atoms with Crippen LogP contribution in [0.3, 0.4) is 0 Å². The van der Waals surface area contributed by atoms with Gasteiger partial charge in [-0.2, -0.15) is 0 Å². The number of fused-ring (bicyclic) bond motifs is 1. The van der Waals surface area contributed by atoms with E-state index in [1.807, 2.05) is 30.3 Å². The molecule has 0 saturated heterocycles. The van der Waals surface area contributed by atoms with Crippen LogP contribution in [-0.4, -0.2) is 34.9 Å². The predicted octanol–water partition coefficient (Wildman–Crippen LogP) is 1.41. The lowest BCUT2D eigenvalue weighted by Crippen LogP contribution is -2.45. The first-order chi connectivity index (χ1) is 9.61. The highest BCUT2D eigenvalue weighted by molar-refractivity contribution is 6.02. The molecule has 0 bridgehead atoms. The van der Waals surface area contributed by atoms with E-state index in [1.54, 1.807) is 12.1 Å². The summed E-state index contributed by atoms with van der Waals surface area (Å²) in [5, 5.41) is 24.2. The van der Waals surface area contributed by atoms with Gasteiger partial charge >= 0.3 is 12.0 Å². The van der Waals surface area contributed by atoms with Crippen LogP contribution in [0, 0.1) is 0 Å². The van der Waals surface area contributed by atoms with Gasteiger partial charge in [0, 0.05) is 5.39 Å². The Morgan fingerprint density at radius 2 is 1.80 bits per heavy atom. The topological polar surface area (TPSA) is 98.7 Å². The summed E-state index contributed by atoms with van der Waals surface area (Å²) in [6.07, 6.45) is 0. The number of rotatable bonds is 4. The molecule has 0 unspecified atom stereocenters. The molecule has 2 aromatic carbocycles. The van der Waals surface area contributed by atoms with Gasteiger partial charge in [-0.1, -0.05) is 36.4 Å². The normalized spacial score (nSPS) is 11.8. The molecule has 104 valence electrons. The van der Waals surface area contributed by atoms with Crippen molar-refractivity contribution in [3.8, 4) is 0 Å². The maximum Gasteiger partial charge on any atom is 0.328 e. The first kappa shape index (κ1) is 13.8. The molecule has 1 atom stereocenters. The molecule has 0 radical (unpaired) electrons. The zero-order valence-corrected chi connectivity index (χ0v) is 10.5. The van der Waals surface area contributed by atoms with Crippen molar-refractivity contribution < 1.29 is 19.8 Å². The third-order valence-electron chi connectivity index (χ3n) is 2.82. The fourth-order valence-corrected chi connectivity index (χ4v) is 1.84. The summed E-state index contributed by atoms with van der Waals surface area (Å²) in [6, 6.07) is 10.9. The van der Waals surface area contributed by atoms with Gasteiger partial charge in [-0.3, -0.25) is 0 Å². The predicted molar refractivity (Wildman–Crippen MR) is 74.6 cm³/mol. The number of hydrogen-bond acceptors (Lipinski definition) is 3. The fourth-order valence-electron chi connectivity index (χ4n) is 1.84. The lowest BCUT2D eigenvalue weighted by Gasteiger charge is -2.13. The molecule has 0 fully saturated rings. The van der Waals surface area contributed by atoms with Crippen LogP contribution < -0.4 is 10.6 Å². The Hall–Kier alpha value is -2.60. The largest absolute Gasteiger partial charge is 0.480 e. The van der Waals surface area contributed by atoms with Crippen LogP contribution in [0.4, 0.5) is 10.5 Å². The second-order valence-electron chi connectivity index (χ2n) is 4.20. The maximum atomic E-state index is 11.7. The van der Waals surface area contributed by atoms with E-state index in [1.165, 1.54) is 0 Å². The van der Waals surface area contributed by atoms with Crippen molar-refractivity contribution in [2.45, 2.75) is 6.04 Å². The van der Waals surface area contributed by atoms with Gasteiger partial charge in [-0.05, 0) is 11.5 Å². The number of carboxylic acid groups (broad SMARTS) is 1. The third kappa shape index (κ3) is 3.04. The number of amides is 2. The minimum absolute atomic E-state index is 0.572. The van der Waals surface area contributed by atoms with Gasteiger partial charge in [-0.25, -0.2) is 9.59 Å². The first-order valence-corrected chi connectivity index (χ1v) is 6.01. The highest BCUT2D eigenvalue weighted by Gasteiger charge is 2.18. The molecule has 0 aliphatic carbocycles. The van der Waals surface area contributed by atoms with E-state index >= 15 is 0 Å². The van der Waals surface area contributed by atoms with Crippen LogP contribution in [0.2, 0.25) is 0 Å². The zero-order valence-electron chi connectivity index (χ0n) is 10.5. The quantitative estimate of drug-likeness (QED) is 0.677. The SMILES string of the molecule is O=C(Nc1cccc2ccccc12)N[C@@H](CO)C(=O)O. The highest BCUT2D eigenvalue weighted by Crippen LogP contribution is 2.22. The molecule has 2 amide bonds. The van der Waals surface area contributed by atoms with Crippen LogP contribution >= 0.6 is 0 Å². The van der Waals surface area contributed by atoms with Crippen LogP contribution in [0.25, 0.3) is 10.8 Å². The van der Waals surface area contributed by atoms with Crippen molar-refractivity contribution in [1.82, 2.24) is 5.32 Å². The number of aliphatic hydroxyl groups excluding tert-OH is 1. The summed E-state index contributed by atoms with van der Waals surface area (Å²) in [4.78, 5) is 22.5. The second kappa shape index (κ2) is 6.03. The van der Waals surface area contributed by atoms with Crippen molar-refractivity contribution in [3.05, 3.63) is 42.5 Å². The van der Waals surface area contributed by atoms with Crippen LogP contribution in [-0.2, 0) is 4.79 Å². The number of anilines is 1. The Labute approximate surface area is 115 Å². The smallest absolute Gasteiger partial charge is 0.328 e. The molecular formula is C14H14N2O4. The summed E-state index contributed by atoms with van der Waals surface area (Å²) in [5.41, 5.74) is 0.572.